The summed E-state index contributed by atoms with van der Waals surface area (Å²) >= 11 is 0. The number of amides is 2. The van der Waals surface area contributed by atoms with Crippen molar-refractivity contribution in [2.24, 2.45) is 17.8 Å². The maximum absolute atomic E-state index is 11.7. The molecule has 0 aromatic heterocycles. The predicted octanol–water partition coefficient (Wildman–Crippen LogP) is 1.54. The summed E-state index contributed by atoms with van der Waals surface area (Å²) in [5, 5.41) is 11.7. The van der Waals surface area contributed by atoms with Crippen LogP contribution < -0.4 is 5.32 Å². The first kappa shape index (κ1) is 13.2. The molecular weight excluding hydrogens is 232 g/mol. The molecule has 0 bridgehead atoms. The average Bonchev–Trinajstić information content (AvgIpc) is 2.25. The Hall–Kier alpha value is -1.26. The van der Waals surface area contributed by atoms with Gasteiger partial charge in [-0.25, -0.2) is 4.79 Å². The summed E-state index contributed by atoms with van der Waals surface area (Å²) in [6.07, 6.45) is 4.90. The van der Waals surface area contributed by atoms with E-state index in [1.165, 1.54) is 25.7 Å². The molecule has 0 spiro atoms. The fourth-order valence-corrected chi connectivity index (χ4v) is 2.68. The zero-order valence-electron chi connectivity index (χ0n) is 10.9. The molecule has 1 heterocycles. The highest BCUT2D eigenvalue weighted by molar-refractivity contribution is 5.79. The molecule has 1 saturated carbocycles. The molecular formula is C13H22N2O3. The van der Waals surface area contributed by atoms with Gasteiger partial charge in [-0.05, 0) is 24.7 Å². The van der Waals surface area contributed by atoms with Crippen molar-refractivity contribution in [1.82, 2.24) is 10.2 Å². The minimum atomic E-state index is -0.805. The summed E-state index contributed by atoms with van der Waals surface area (Å²) in [4.78, 5) is 23.9. The third-order valence-electron chi connectivity index (χ3n) is 4.20. The van der Waals surface area contributed by atoms with E-state index < -0.39 is 5.97 Å². The molecule has 5 nitrogen and oxygen atoms in total. The predicted molar refractivity (Wildman–Crippen MR) is 67.2 cm³/mol. The summed E-state index contributed by atoms with van der Waals surface area (Å²) in [5.74, 6) is 0.247. The zero-order chi connectivity index (χ0) is 13.1. The lowest BCUT2D eigenvalue weighted by atomic mass is 9.83. The van der Waals surface area contributed by atoms with Crippen LogP contribution in [0.2, 0.25) is 0 Å². The van der Waals surface area contributed by atoms with Gasteiger partial charge in [0.05, 0.1) is 5.92 Å². The Balaban J connectivity index is 1.62. The fraction of sp³-hybridized carbons (Fsp3) is 0.846. The maximum Gasteiger partial charge on any atom is 0.317 e. The van der Waals surface area contributed by atoms with Crippen LogP contribution in [0.5, 0.6) is 0 Å². The standard InChI is InChI=1S/C13H22N2O3/c1-9-2-4-10(5-3-9)6-14-13(18)15-7-11(8-15)12(16)17/h9-11H,2-8H2,1H3,(H,14,18)(H,16,17). The molecule has 5 heteroatoms. The quantitative estimate of drug-likeness (QED) is 0.802. The monoisotopic (exact) mass is 254 g/mol. The van der Waals surface area contributed by atoms with Crippen molar-refractivity contribution in [3.05, 3.63) is 0 Å². The van der Waals surface area contributed by atoms with Crippen LogP contribution in [0.3, 0.4) is 0 Å². The van der Waals surface area contributed by atoms with E-state index in [9.17, 15) is 9.59 Å². The summed E-state index contributed by atoms with van der Waals surface area (Å²) in [5.41, 5.74) is 0. The van der Waals surface area contributed by atoms with E-state index in [1.807, 2.05) is 0 Å². The second-order valence-corrected chi connectivity index (χ2v) is 5.75. The minimum absolute atomic E-state index is 0.105. The molecule has 1 saturated heterocycles. The van der Waals surface area contributed by atoms with Crippen molar-refractivity contribution in [3.63, 3.8) is 0 Å². The Morgan fingerprint density at radius 3 is 2.39 bits per heavy atom. The van der Waals surface area contributed by atoms with Gasteiger partial charge in [-0.15, -0.1) is 0 Å². The van der Waals surface area contributed by atoms with Gasteiger partial charge in [0, 0.05) is 19.6 Å². The first-order chi connectivity index (χ1) is 8.56. The van der Waals surface area contributed by atoms with Crippen LogP contribution in [-0.4, -0.2) is 41.6 Å². The Morgan fingerprint density at radius 2 is 1.83 bits per heavy atom. The van der Waals surface area contributed by atoms with Crippen molar-refractivity contribution >= 4 is 12.0 Å². The largest absolute Gasteiger partial charge is 0.481 e. The van der Waals surface area contributed by atoms with Gasteiger partial charge < -0.3 is 15.3 Å². The maximum atomic E-state index is 11.7. The van der Waals surface area contributed by atoms with Crippen LogP contribution >= 0.6 is 0 Å². The van der Waals surface area contributed by atoms with Gasteiger partial charge in [0.1, 0.15) is 0 Å². The molecule has 0 unspecified atom stereocenters. The van der Waals surface area contributed by atoms with E-state index in [0.29, 0.717) is 19.0 Å². The Kier molecular flexibility index (Phi) is 4.09. The number of nitrogens with zero attached hydrogens (tertiary/aromatic N) is 1. The van der Waals surface area contributed by atoms with Crippen molar-refractivity contribution < 1.29 is 14.7 Å². The molecule has 2 N–H and O–H groups in total. The lowest BCUT2D eigenvalue weighted by molar-refractivity contribution is -0.146. The summed E-state index contributed by atoms with van der Waals surface area (Å²) in [6.45, 7) is 3.71. The van der Waals surface area contributed by atoms with E-state index in [2.05, 4.69) is 12.2 Å². The van der Waals surface area contributed by atoms with Crippen LogP contribution in [0.15, 0.2) is 0 Å². The first-order valence-corrected chi connectivity index (χ1v) is 6.82. The smallest absolute Gasteiger partial charge is 0.317 e. The molecule has 0 atom stereocenters. The number of urea groups is 1. The zero-order valence-corrected chi connectivity index (χ0v) is 10.9. The number of nitrogens with one attached hydrogen (secondary N) is 1. The highest BCUT2D eigenvalue weighted by Crippen LogP contribution is 2.27. The van der Waals surface area contributed by atoms with Crippen molar-refractivity contribution in [2.75, 3.05) is 19.6 Å². The molecule has 1 aliphatic heterocycles. The van der Waals surface area contributed by atoms with Gasteiger partial charge in [0.15, 0.2) is 0 Å². The molecule has 2 rings (SSSR count). The minimum Gasteiger partial charge on any atom is -0.481 e. The lowest BCUT2D eigenvalue weighted by Crippen LogP contribution is -2.56. The van der Waals surface area contributed by atoms with Gasteiger partial charge in [-0.2, -0.15) is 0 Å². The number of likely N-dealkylation sites (tertiary alicyclic amines) is 1. The molecule has 102 valence electrons. The Morgan fingerprint density at radius 1 is 1.22 bits per heavy atom. The second kappa shape index (κ2) is 5.59. The molecule has 0 aromatic carbocycles. The SMILES string of the molecule is CC1CCC(CNC(=O)N2CC(C(=O)O)C2)CC1. The van der Waals surface area contributed by atoms with Gasteiger partial charge in [0.25, 0.3) is 0 Å². The van der Waals surface area contributed by atoms with E-state index in [4.69, 9.17) is 5.11 Å². The van der Waals surface area contributed by atoms with Gasteiger partial charge in [-0.3, -0.25) is 4.79 Å². The molecule has 0 radical (unpaired) electrons. The third-order valence-corrected chi connectivity index (χ3v) is 4.20. The molecule has 2 fully saturated rings. The summed E-state index contributed by atoms with van der Waals surface area (Å²) in [6, 6.07) is -0.105. The average molecular weight is 254 g/mol. The van der Waals surface area contributed by atoms with E-state index in [0.717, 1.165) is 12.5 Å². The van der Waals surface area contributed by atoms with Crippen molar-refractivity contribution in [3.8, 4) is 0 Å². The van der Waals surface area contributed by atoms with E-state index in [1.54, 1.807) is 4.90 Å². The van der Waals surface area contributed by atoms with Crippen LogP contribution in [0.25, 0.3) is 0 Å². The molecule has 2 aliphatic rings. The number of carbonyl (C=O) groups is 2. The summed E-state index contributed by atoms with van der Waals surface area (Å²) < 4.78 is 0. The Bertz CT molecular complexity index is 318. The lowest BCUT2D eigenvalue weighted by Gasteiger charge is -2.37. The molecule has 0 aromatic rings. The van der Waals surface area contributed by atoms with Crippen molar-refractivity contribution in [1.29, 1.82) is 0 Å². The molecule has 2 amide bonds. The molecule has 1 aliphatic carbocycles. The number of hydrogen-bond acceptors (Lipinski definition) is 2. The number of carboxylic acid groups (broad SMARTS) is 1. The number of carboxylic acids is 1. The van der Waals surface area contributed by atoms with Crippen LogP contribution in [0.4, 0.5) is 4.79 Å². The van der Waals surface area contributed by atoms with E-state index >= 15 is 0 Å². The van der Waals surface area contributed by atoms with Crippen molar-refractivity contribution in [2.45, 2.75) is 32.6 Å². The Labute approximate surface area is 108 Å². The topological polar surface area (TPSA) is 69.6 Å². The van der Waals surface area contributed by atoms with Gasteiger partial charge in [-0.1, -0.05) is 19.8 Å². The highest BCUT2D eigenvalue weighted by atomic mass is 16.4. The van der Waals surface area contributed by atoms with Crippen LogP contribution in [0.1, 0.15) is 32.6 Å². The number of carbonyl (C=O) groups excluding carboxylic acids is 1. The third kappa shape index (κ3) is 3.15. The fourth-order valence-electron chi connectivity index (χ4n) is 2.68. The summed E-state index contributed by atoms with van der Waals surface area (Å²) in [7, 11) is 0. The van der Waals surface area contributed by atoms with Gasteiger partial charge in [0.2, 0.25) is 0 Å². The van der Waals surface area contributed by atoms with Crippen LogP contribution in [0, 0.1) is 17.8 Å². The number of rotatable bonds is 3. The first-order valence-electron chi connectivity index (χ1n) is 6.82. The highest BCUT2D eigenvalue weighted by Gasteiger charge is 2.35. The second-order valence-electron chi connectivity index (χ2n) is 5.75. The van der Waals surface area contributed by atoms with Crippen LogP contribution in [-0.2, 0) is 4.79 Å². The van der Waals surface area contributed by atoms with E-state index in [-0.39, 0.29) is 11.9 Å². The number of aliphatic carboxylic acids is 1. The normalized spacial score (nSPS) is 28.6. The molecule has 18 heavy (non-hydrogen) atoms. The van der Waals surface area contributed by atoms with Gasteiger partial charge >= 0.3 is 12.0 Å². The number of hydrogen-bond donors (Lipinski definition) is 2.